The molecule has 1 aliphatic heterocycles. The number of aromatic nitrogens is 1. The van der Waals surface area contributed by atoms with Gasteiger partial charge >= 0.3 is 6.03 Å². The lowest BCUT2D eigenvalue weighted by Gasteiger charge is -2.37. The van der Waals surface area contributed by atoms with E-state index in [0.717, 1.165) is 17.8 Å². The fourth-order valence-electron chi connectivity index (χ4n) is 2.82. The molecule has 0 fully saturated rings. The molecular formula is C17H17N3O. The number of carbonyl (C=O) groups is 1. The van der Waals surface area contributed by atoms with Crippen LogP contribution in [0.2, 0.25) is 0 Å². The third-order valence-corrected chi connectivity index (χ3v) is 3.76. The minimum atomic E-state index is -0.116. The van der Waals surface area contributed by atoms with E-state index in [1.807, 2.05) is 29.2 Å². The molecule has 2 amide bonds. The Morgan fingerprint density at radius 1 is 1.24 bits per heavy atom. The number of carbonyl (C=O) groups excluding carboxylic acids is 1. The molecule has 1 atom stereocenters. The first-order valence-corrected chi connectivity index (χ1v) is 6.99. The summed E-state index contributed by atoms with van der Waals surface area (Å²) in [5.74, 6) is 2.44. The van der Waals surface area contributed by atoms with Crippen LogP contribution in [0, 0.1) is 12.3 Å². The quantitative estimate of drug-likeness (QED) is 0.841. The summed E-state index contributed by atoms with van der Waals surface area (Å²) in [5, 5.41) is 2.77. The lowest BCUT2D eigenvalue weighted by Crippen LogP contribution is -2.47. The normalized spacial score (nSPS) is 16.9. The van der Waals surface area contributed by atoms with Crippen LogP contribution in [0.15, 0.2) is 48.7 Å². The summed E-state index contributed by atoms with van der Waals surface area (Å²) in [6, 6.07) is 14.0. The largest absolute Gasteiger partial charge is 0.348 e. The lowest BCUT2D eigenvalue weighted by molar-refractivity contribution is 0.170. The summed E-state index contributed by atoms with van der Waals surface area (Å²) in [4.78, 5) is 14.2. The molecule has 1 aromatic carbocycles. The highest BCUT2D eigenvalue weighted by atomic mass is 16.2. The molecule has 3 rings (SSSR count). The Morgan fingerprint density at radius 3 is 2.81 bits per heavy atom. The molecular weight excluding hydrogens is 262 g/mol. The van der Waals surface area contributed by atoms with Crippen molar-refractivity contribution in [3.8, 4) is 12.3 Å². The van der Waals surface area contributed by atoms with Crippen LogP contribution < -0.4 is 5.32 Å². The summed E-state index contributed by atoms with van der Waals surface area (Å²) >= 11 is 0. The van der Waals surface area contributed by atoms with Gasteiger partial charge in [-0.25, -0.2) is 4.79 Å². The predicted molar refractivity (Wildman–Crippen MR) is 81.7 cm³/mol. The summed E-state index contributed by atoms with van der Waals surface area (Å²) < 4.78 is 2.20. The van der Waals surface area contributed by atoms with Crippen LogP contribution in [0.1, 0.15) is 17.3 Å². The SMILES string of the molecule is C#CCNC(=O)N1CCn2cccc2[C@@H]1c1ccccc1. The number of amides is 2. The first-order chi connectivity index (χ1) is 10.3. The van der Waals surface area contributed by atoms with Crippen molar-refractivity contribution in [2.24, 2.45) is 0 Å². The second-order valence-corrected chi connectivity index (χ2v) is 5.00. The molecule has 106 valence electrons. The van der Waals surface area contributed by atoms with E-state index < -0.39 is 0 Å². The number of urea groups is 1. The van der Waals surface area contributed by atoms with Gasteiger partial charge in [0.1, 0.15) is 0 Å². The highest BCUT2D eigenvalue weighted by Crippen LogP contribution is 2.32. The second kappa shape index (κ2) is 5.76. The molecule has 0 radical (unpaired) electrons. The number of benzene rings is 1. The fourth-order valence-corrected chi connectivity index (χ4v) is 2.82. The van der Waals surface area contributed by atoms with Crippen molar-refractivity contribution < 1.29 is 4.79 Å². The molecule has 1 N–H and O–H groups in total. The summed E-state index contributed by atoms with van der Waals surface area (Å²) in [6.45, 7) is 1.71. The first kappa shape index (κ1) is 13.3. The van der Waals surface area contributed by atoms with Crippen molar-refractivity contribution in [3.63, 3.8) is 0 Å². The molecule has 0 aliphatic carbocycles. The van der Waals surface area contributed by atoms with E-state index in [9.17, 15) is 4.79 Å². The Morgan fingerprint density at radius 2 is 2.05 bits per heavy atom. The molecule has 4 heteroatoms. The van der Waals surface area contributed by atoms with Crippen LogP contribution in [0.3, 0.4) is 0 Å². The summed E-state index contributed by atoms with van der Waals surface area (Å²) in [7, 11) is 0. The van der Waals surface area contributed by atoms with Crippen LogP contribution in [0.25, 0.3) is 0 Å². The molecule has 0 bridgehead atoms. The highest BCUT2D eigenvalue weighted by molar-refractivity contribution is 5.75. The van der Waals surface area contributed by atoms with Crippen molar-refractivity contribution in [1.82, 2.24) is 14.8 Å². The summed E-state index contributed by atoms with van der Waals surface area (Å²) in [6.07, 6.45) is 7.28. The van der Waals surface area contributed by atoms with Gasteiger partial charge in [-0.1, -0.05) is 36.3 Å². The molecule has 21 heavy (non-hydrogen) atoms. The van der Waals surface area contributed by atoms with Gasteiger partial charge in [0.15, 0.2) is 0 Å². The Bertz CT molecular complexity index is 669. The first-order valence-electron chi connectivity index (χ1n) is 6.99. The highest BCUT2D eigenvalue weighted by Gasteiger charge is 2.31. The number of hydrogen-bond acceptors (Lipinski definition) is 1. The smallest absolute Gasteiger partial charge is 0.319 e. The van der Waals surface area contributed by atoms with E-state index in [-0.39, 0.29) is 18.6 Å². The second-order valence-electron chi connectivity index (χ2n) is 5.00. The van der Waals surface area contributed by atoms with Gasteiger partial charge in [-0.3, -0.25) is 0 Å². The van der Waals surface area contributed by atoms with Gasteiger partial charge in [0, 0.05) is 25.0 Å². The zero-order chi connectivity index (χ0) is 14.7. The zero-order valence-corrected chi connectivity index (χ0v) is 11.7. The Kier molecular flexibility index (Phi) is 3.65. The van der Waals surface area contributed by atoms with Gasteiger partial charge in [0.25, 0.3) is 0 Å². The molecule has 2 aromatic rings. The van der Waals surface area contributed by atoms with Crippen molar-refractivity contribution in [2.45, 2.75) is 12.6 Å². The van der Waals surface area contributed by atoms with Gasteiger partial charge in [-0.15, -0.1) is 6.42 Å². The van der Waals surface area contributed by atoms with Crippen LogP contribution in [0.5, 0.6) is 0 Å². The minimum Gasteiger partial charge on any atom is -0.348 e. The number of rotatable bonds is 2. The van der Waals surface area contributed by atoms with Crippen molar-refractivity contribution >= 4 is 6.03 Å². The average molecular weight is 279 g/mol. The van der Waals surface area contributed by atoms with E-state index in [2.05, 4.69) is 40.2 Å². The number of fused-ring (bicyclic) bond motifs is 1. The van der Waals surface area contributed by atoms with E-state index in [4.69, 9.17) is 6.42 Å². The molecule has 0 saturated heterocycles. The Labute approximate surface area is 124 Å². The van der Waals surface area contributed by atoms with Crippen molar-refractivity contribution in [3.05, 3.63) is 59.9 Å². The van der Waals surface area contributed by atoms with Gasteiger partial charge < -0.3 is 14.8 Å². The van der Waals surface area contributed by atoms with Gasteiger partial charge in [0.05, 0.1) is 12.6 Å². The van der Waals surface area contributed by atoms with Crippen LogP contribution in [0.4, 0.5) is 4.79 Å². The molecule has 2 heterocycles. The number of nitrogens with one attached hydrogen (secondary N) is 1. The minimum absolute atomic E-state index is 0.0762. The van der Waals surface area contributed by atoms with E-state index in [1.165, 1.54) is 0 Å². The van der Waals surface area contributed by atoms with Crippen LogP contribution >= 0.6 is 0 Å². The van der Waals surface area contributed by atoms with Gasteiger partial charge in [0.2, 0.25) is 0 Å². The maximum Gasteiger partial charge on any atom is 0.319 e. The predicted octanol–water partition coefficient (Wildman–Crippen LogP) is 2.24. The number of hydrogen-bond donors (Lipinski definition) is 1. The Hall–Kier alpha value is -2.67. The average Bonchev–Trinajstić information content (AvgIpc) is 3.01. The molecule has 0 saturated carbocycles. The summed E-state index contributed by atoms with van der Waals surface area (Å²) in [5.41, 5.74) is 2.23. The van der Waals surface area contributed by atoms with Gasteiger partial charge in [-0.05, 0) is 17.7 Å². The zero-order valence-electron chi connectivity index (χ0n) is 11.7. The standard InChI is InChI=1S/C17H17N3O/c1-2-10-18-17(21)20-13-12-19-11-6-9-15(19)16(20)14-7-4-3-5-8-14/h1,3-9,11,16H,10,12-13H2,(H,18,21)/t16-/m0/s1. The molecule has 1 aromatic heterocycles. The van der Waals surface area contributed by atoms with Gasteiger partial charge in [-0.2, -0.15) is 0 Å². The van der Waals surface area contributed by atoms with E-state index >= 15 is 0 Å². The molecule has 0 unspecified atom stereocenters. The Balaban J connectivity index is 1.97. The van der Waals surface area contributed by atoms with Crippen LogP contribution in [-0.2, 0) is 6.54 Å². The maximum atomic E-state index is 12.4. The monoisotopic (exact) mass is 279 g/mol. The van der Waals surface area contributed by atoms with E-state index in [0.29, 0.717) is 6.54 Å². The van der Waals surface area contributed by atoms with Crippen LogP contribution in [-0.4, -0.2) is 28.6 Å². The van der Waals surface area contributed by atoms with E-state index in [1.54, 1.807) is 0 Å². The van der Waals surface area contributed by atoms with Crippen molar-refractivity contribution in [2.75, 3.05) is 13.1 Å². The molecule has 0 spiro atoms. The fraction of sp³-hybridized carbons (Fsp3) is 0.235. The third-order valence-electron chi connectivity index (χ3n) is 3.76. The number of terminal acetylenes is 1. The topological polar surface area (TPSA) is 37.3 Å². The van der Waals surface area contributed by atoms with Crippen molar-refractivity contribution in [1.29, 1.82) is 0 Å². The molecule has 4 nitrogen and oxygen atoms in total. The molecule has 1 aliphatic rings. The third kappa shape index (κ3) is 2.50. The maximum absolute atomic E-state index is 12.4. The number of nitrogens with zero attached hydrogens (tertiary/aromatic N) is 2. The lowest BCUT2D eigenvalue weighted by atomic mass is 10.0.